The van der Waals surface area contributed by atoms with Crippen LogP contribution in [0.1, 0.15) is 22.8 Å². The number of anilines is 1. The first-order chi connectivity index (χ1) is 15.1. The molecule has 0 saturated carbocycles. The van der Waals surface area contributed by atoms with Crippen LogP contribution < -0.4 is 10.5 Å². The van der Waals surface area contributed by atoms with E-state index >= 15 is 0 Å². The third kappa shape index (κ3) is 4.75. The molecular weight excluding hydrogens is 390 g/mol. The number of hydrogen-bond donors (Lipinski definition) is 1. The molecule has 0 unspecified atom stereocenters. The number of nitrogen functional groups attached to an aromatic ring is 1. The van der Waals surface area contributed by atoms with Crippen molar-refractivity contribution in [3.8, 4) is 22.7 Å². The molecule has 0 saturated heterocycles. The van der Waals surface area contributed by atoms with Crippen LogP contribution in [-0.2, 0) is 11.3 Å². The van der Waals surface area contributed by atoms with E-state index in [0.717, 1.165) is 22.4 Å². The third-order valence-corrected chi connectivity index (χ3v) is 4.79. The first kappa shape index (κ1) is 20.2. The standard InChI is InChI=1S/C25H23N3O3/c1-2-30-25(29)20-12-13-27-24(14-20)28-15-22(23(26)16-28)19-8-10-21(11-9-19)31-17-18-6-4-3-5-7-18/h3-16H,2,17,26H2,1H3. The van der Waals surface area contributed by atoms with Gasteiger partial charge >= 0.3 is 5.97 Å². The Bertz CT molecular complexity index is 1170. The van der Waals surface area contributed by atoms with Gasteiger partial charge in [0.05, 0.1) is 17.9 Å². The van der Waals surface area contributed by atoms with Gasteiger partial charge in [-0.2, -0.15) is 0 Å². The molecule has 4 aromatic rings. The molecule has 0 atom stereocenters. The van der Waals surface area contributed by atoms with Crippen LogP contribution in [0.4, 0.5) is 5.69 Å². The SMILES string of the molecule is CCOC(=O)c1ccnc(-n2cc(N)c(-c3ccc(OCc4ccccc4)cc3)c2)c1. The Balaban J connectivity index is 1.51. The average molecular weight is 413 g/mol. The van der Waals surface area contributed by atoms with Gasteiger partial charge in [0.15, 0.2) is 0 Å². The Hall–Kier alpha value is -4.06. The zero-order valence-corrected chi connectivity index (χ0v) is 17.2. The number of esters is 1. The summed E-state index contributed by atoms with van der Waals surface area (Å²) in [6.07, 6.45) is 5.26. The molecule has 0 radical (unpaired) electrons. The number of rotatable bonds is 7. The quantitative estimate of drug-likeness (QED) is 0.437. The first-order valence-corrected chi connectivity index (χ1v) is 10.0. The number of nitrogens with two attached hydrogens (primary N) is 1. The maximum atomic E-state index is 12.0. The van der Waals surface area contributed by atoms with Crippen molar-refractivity contribution in [3.63, 3.8) is 0 Å². The van der Waals surface area contributed by atoms with Crippen molar-refractivity contribution in [3.05, 3.63) is 96.4 Å². The summed E-state index contributed by atoms with van der Waals surface area (Å²) < 4.78 is 12.7. The Kier molecular flexibility index (Phi) is 5.98. The predicted octanol–water partition coefficient (Wildman–Crippen LogP) is 4.88. The summed E-state index contributed by atoms with van der Waals surface area (Å²) >= 11 is 0. The third-order valence-electron chi connectivity index (χ3n) is 4.79. The highest BCUT2D eigenvalue weighted by Gasteiger charge is 2.12. The highest BCUT2D eigenvalue weighted by Crippen LogP contribution is 2.30. The van der Waals surface area contributed by atoms with Crippen LogP contribution in [0.2, 0.25) is 0 Å². The zero-order chi connectivity index (χ0) is 21.6. The molecule has 0 fully saturated rings. The predicted molar refractivity (Wildman–Crippen MR) is 120 cm³/mol. The Morgan fingerprint density at radius 3 is 2.55 bits per heavy atom. The first-order valence-electron chi connectivity index (χ1n) is 10.0. The highest BCUT2D eigenvalue weighted by atomic mass is 16.5. The summed E-state index contributed by atoms with van der Waals surface area (Å²) in [5.74, 6) is 0.998. The minimum absolute atomic E-state index is 0.322. The molecule has 2 aromatic carbocycles. The van der Waals surface area contributed by atoms with Crippen molar-refractivity contribution in [2.24, 2.45) is 0 Å². The van der Waals surface area contributed by atoms with Gasteiger partial charge in [-0.3, -0.25) is 0 Å². The summed E-state index contributed by atoms with van der Waals surface area (Å²) in [7, 11) is 0. The van der Waals surface area contributed by atoms with E-state index in [-0.39, 0.29) is 5.97 Å². The molecule has 2 N–H and O–H groups in total. The lowest BCUT2D eigenvalue weighted by Gasteiger charge is -2.07. The second-order valence-electron chi connectivity index (χ2n) is 6.96. The molecule has 0 aliphatic rings. The fourth-order valence-electron chi connectivity index (χ4n) is 3.22. The van der Waals surface area contributed by atoms with Crippen LogP contribution in [-0.4, -0.2) is 22.1 Å². The van der Waals surface area contributed by atoms with Crippen LogP contribution in [0.15, 0.2) is 85.3 Å². The number of carbonyl (C=O) groups excluding carboxylic acids is 1. The van der Waals surface area contributed by atoms with E-state index in [1.54, 1.807) is 36.0 Å². The number of benzene rings is 2. The largest absolute Gasteiger partial charge is 0.489 e. The molecule has 31 heavy (non-hydrogen) atoms. The molecule has 4 rings (SSSR count). The molecule has 2 aromatic heterocycles. The topological polar surface area (TPSA) is 79.4 Å². The van der Waals surface area contributed by atoms with Crippen LogP contribution in [0.25, 0.3) is 16.9 Å². The lowest BCUT2D eigenvalue weighted by atomic mass is 10.1. The fraction of sp³-hybridized carbons (Fsp3) is 0.120. The van der Waals surface area contributed by atoms with Crippen molar-refractivity contribution in [2.75, 3.05) is 12.3 Å². The molecule has 0 amide bonds. The summed E-state index contributed by atoms with van der Waals surface area (Å²) in [5.41, 5.74) is 10.3. The van der Waals surface area contributed by atoms with Crippen LogP contribution in [0.5, 0.6) is 5.75 Å². The molecule has 6 heteroatoms. The summed E-state index contributed by atoms with van der Waals surface area (Å²) in [6.45, 7) is 2.61. The van der Waals surface area contributed by atoms with Gasteiger partial charge in [-0.25, -0.2) is 9.78 Å². The number of pyridine rings is 1. The van der Waals surface area contributed by atoms with Gasteiger partial charge in [0.1, 0.15) is 18.2 Å². The summed E-state index contributed by atoms with van der Waals surface area (Å²) in [5, 5.41) is 0. The van der Waals surface area contributed by atoms with Gasteiger partial charge in [0.25, 0.3) is 0 Å². The van der Waals surface area contributed by atoms with Gasteiger partial charge in [-0.05, 0) is 42.3 Å². The van der Waals surface area contributed by atoms with Crippen molar-refractivity contribution in [1.29, 1.82) is 0 Å². The molecule has 156 valence electrons. The lowest BCUT2D eigenvalue weighted by molar-refractivity contribution is 0.0526. The van der Waals surface area contributed by atoms with Crippen LogP contribution in [0.3, 0.4) is 0 Å². The van der Waals surface area contributed by atoms with E-state index < -0.39 is 0 Å². The van der Waals surface area contributed by atoms with Crippen molar-refractivity contribution in [1.82, 2.24) is 9.55 Å². The molecule has 0 aliphatic heterocycles. The van der Waals surface area contributed by atoms with E-state index in [2.05, 4.69) is 4.98 Å². The van der Waals surface area contributed by atoms with Gasteiger partial charge in [0, 0.05) is 24.2 Å². The van der Waals surface area contributed by atoms with E-state index in [4.69, 9.17) is 15.2 Å². The maximum absolute atomic E-state index is 12.0. The smallest absolute Gasteiger partial charge is 0.338 e. The van der Waals surface area contributed by atoms with Gasteiger partial charge in [-0.1, -0.05) is 42.5 Å². The van der Waals surface area contributed by atoms with Gasteiger partial charge in [0.2, 0.25) is 0 Å². The van der Waals surface area contributed by atoms with Crippen molar-refractivity contribution in [2.45, 2.75) is 13.5 Å². The number of hydrogen-bond acceptors (Lipinski definition) is 5. The van der Waals surface area contributed by atoms with Crippen molar-refractivity contribution < 1.29 is 14.3 Å². The number of carbonyl (C=O) groups is 1. The zero-order valence-electron chi connectivity index (χ0n) is 17.2. The minimum Gasteiger partial charge on any atom is -0.489 e. The second kappa shape index (κ2) is 9.17. The van der Waals surface area contributed by atoms with E-state index in [0.29, 0.717) is 30.3 Å². The molecule has 2 heterocycles. The molecule has 6 nitrogen and oxygen atoms in total. The summed E-state index contributed by atoms with van der Waals surface area (Å²) in [4.78, 5) is 16.3. The molecule has 0 spiro atoms. The molecule has 0 aliphatic carbocycles. The van der Waals surface area contributed by atoms with Gasteiger partial charge in [-0.15, -0.1) is 0 Å². The normalized spacial score (nSPS) is 10.6. The monoisotopic (exact) mass is 413 g/mol. The lowest BCUT2D eigenvalue weighted by Crippen LogP contribution is -2.06. The van der Waals surface area contributed by atoms with E-state index in [1.807, 2.05) is 60.8 Å². The summed E-state index contributed by atoms with van der Waals surface area (Å²) in [6, 6.07) is 21.1. The number of nitrogens with zero attached hydrogens (tertiary/aromatic N) is 2. The Morgan fingerprint density at radius 2 is 1.81 bits per heavy atom. The van der Waals surface area contributed by atoms with E-state index in [1.165, 1.54) is 0 Å². The van der Waals surface area contributed by atoms with Crippen molar-refractivity contribution >= 4 is 11.7 Å². The van der Waals surface area contributed by atoms with Crippen LogP contribution in [0, 0.1) is 0 Å². The number of aromatic nitrogens is 2. The Morgan fingerprint density at radius 1 is 1.03 bits per heavy atom. The molecular formula is C25H23N3O3. The van der Waals surface area contributed by atoms with Crippen LogP contribution >= 0.6 is 0 Å². The van der Waals surface area contributed by atoms with Gasteiger partial charge < -0.3 is 19.8 Å². The highest BCUT2D eigenvalue weighted by molar-refractivity contribution is 5.89. The maximum Gasteiger partial charge on any atom is 0.338 e. The second-order valence-corrected chi connectivity index (χ2v) is 6.96. The Labute approximate surface area is 180 Å². The van der Waals surface area contributed by atoms with E-state index in [9.17, 15) is 4.79 Å². The minimum atomic E-state index is -0.377. The average Bonchev–Trinajstić information content (AvgIpc) is 3.20. The fourth-order valence-corrected chi connectivity index (χ4v) is 3.22. The number of ether oxygens (including phenoxy) is 2. The molecule has 0 bridgehead atoms.